The molecule has 116 valence electrons. The van der Waals surface area contributed by atoms with Gasteiger partial charge in [-0.1, -0.05) is 19.9 Å². The van der Waals surface area contributed by atoms with Crippen LogP contribution in [0.2, 0.25) is 0 Å². The normalized spacial score (nSPS) is 12.3. The lowest BCUT2D eigenvalue weighted by atomic mass is 9.99. The Balaban J connectivity index is 3.21. The largest absolute Gasteiger partial charge is 0.370 e. The van der Waals surface area contributed by atoms with Crippen molar-refractivity contribution in [3.8, 4) is 0 Å². The fraction of sp³-hybridized carbons (Fsp3) is 0.385. The maximum Gasteiger partial charge on any atom is 0.258 e. The molecular formula is C13H20N4O3S. The van der Waals surface area contributed by atoms with E-state index >= 15 is 0 Å². The fourth-order valence-electron chi connectivity index (χ4n) is 1.73. The van der Waals surface area contributed by atoms with Crippen LogP contribution in [0.25, 0.3) is 0 Å². The minimum absolute atomic E-state index is 0.00874. The number of nitrogens with zero attached hydrogens (tertiary/aromatic N) is 1. The molecule has 0 aliphatic carbocycles. The molecule has 0 aromatic heterocycles. The van der Waals surface area contributed by atoms with Gasteiger partial charge in [-0.3, -0.25) is 19.8 Å². The summed E-state index contributed by atoms with van der Waals surface area (Å²) >= 11 is 0. The summed E-state index contributed by atoms with van der Waals surface area (Å²) in [6.45, 7) is 3.87. The number of nitrogens with two attached hydrogens (primary N) is 1. The molecule has 0 spiro atoms. The van der Waals surface area contributed by atoms with Crippen molar-refractivity contribution in [1.29, 1.82) is 0 Å². The van der Waals surface area contributed by atoms with Gasteiger partial charge in [0.2, 0.25) is 10.0 Å². The van der Waals surface area contributed by atoms with Gasteiger partial charge in [-0.2, -0.15) is 0 Å². The zero-order valence-corrected chi connectivity index (χ0v) is 13.3. The molecule has 1 aromatic rings. The van der Waals surface area contributed by atoms with Crippen LogP contribution in [0.5, 0.6) is 0 Å². The van der Waals surface area contributed by atoms with Crippen LogP contribution in [-0.4, -0.2) is 33.6 Å². The van der Waals surface area contributed by atoms with Gasteiger partial charge in [-0.15, -0.1) is 0 Å². The highest BCUT2D eigenvalue weighted by Crippen LogP contribution is 2.26. The van der Waals surface area contributed by atoms with E-state index in [0.29, 0.717) is 5.69 Å². The van der Waals surface area contributed by atoms with E-state index in [9.17, 15) is 13.2 Å². The second-order valence-electron chi connectivity index (χ2n) is 4.89. The highest BCUT2D eigenvalue weighted by Gasteiger charge is 2.14. The molecule has 21 heavy (non-hydrogen) atoms. The summed E-state index contributed by atoms with van der Waals surface area (Å²) < 4.78 is 25.3. The van der Waals surface area contributed by atoms with Crippen LogP contribution >= 0.6 is 0 Å². The van der Waals surface area contributed by atoms with Gasteiger partial charge in [0, 0.05) is 12.6 Å². The molecule has 1 amide bonds. The predicted octanol–water partition coefficient (Wildman–Crippen LogP) is 0.856. The van der Waals surface area contributed by atoms with Gasteiger partial charge in [0.1, 0.15) is 0 Å². The van der Waals surface area contributed by atoms with Crippen LogP contribution in [0, 0.1) is 0 Å². The lowest BCUT2D eigenvalue weighted by molar-refractivity contribution is 0.0976. The average molecular weight is 312 g/mol. The number of nitrogens with one attached hydrogen (secondary N) is 2. The lowest BCUT2D eigenvalue weighted by Crippen LogP contribution is -2.36. The Morgan fingerprint density at radius 1 is 1.33 bits per heavy atom. The van der Waals surface area contributed by atoms with Gasteiger partial charge in [-0.25, -0.2) is 8.42 Å². The first kappa shape index (κ1) is 17.0. The number of rotatable bonds is 4. The van der Waals surface area contributed by atoms with Gasteiger partial charge >= 0.3 is 0 Å². The van der Waals surface area contributed by atoms with Gasteiger partial charge in [0.15, 0.2) is 5.96 Å². The molecule has 8 heteroatoms. The zero-order chi connectivity index (χ0) is 16.2. The van der Waals surface area contributed by atoms with Gasteiger partial charge in [0.25, 0.3) is 5.91 Å². The molecule has 0 fully saturated rings. The first-order valence-electron chi connectivity index (χ1n) is 6.29. The number of carbonyl (C=O) groups is 1. The molecule has 0 bridgehead atoms. The summed E-state index contributed by atoms with van der Waals surface area (Å²) in [5.74, 6) is -0.357. The van der Waals surface area contributed by atoms with Crippen LogP contribution in [0.4, 0.5) is 5.69 Å². The number of sulfonamides is 1. The third-order valence-corrected chi connectivity index (χ3v) is 3.31. The predicted molar refractivity (Wildman–Crippen MR) is 84.0 cm³/mol. The quantitative estimate of drug-likeness (QED) is 0.565. The monoisotopic (exact) mass is 312 g/mol. The van der Waals surface area contributed by atoms with E-state index in [2.05, 4.69) is 15.0 Å². The standard InChI is InChI=1S/C13H20N4O3S/c1-8(2)10-6-5-9(12(18)16-13(14)15-3)7-11(10)17-21(4,19)20/h5-8,17H,1-4H3,(H3,14,15,16,18). The Labute approximate surface area is 124 Å². The Morgan fingerprint density at radius 2 is 1.95 bits per heavy atom. The summed E-state index contributed by atoms with van der Waals surface area (Å²) in [6.07, 6.45) is 1.06. The van der Waals surface area contributed by atoms with E-state index in [1.807, 2.05) is 13.8 Å². The fourth-order valence-corrected chi connectivity index (χ4v) is 2.31. The van der Waals surface area contributed by atoms with Crippen molar-refractivity contribution in [1.82, 2.24) is 5.32 Å². The van der Waals surface area contributed by atoms with Gasteiger partial charge in [-0.05, 0) is 23.6 Å². The van der Waals surface area contributed by atoms with Crippen molar-refractivity contribution in [3.05, 3.63) is 29.3 Å². The van der Waals surface area contributed by atoms with Crippen molar-refractivity contribution in [2.75, 3.05) is 18.0 Å². The third-order valence-electron chi connectivity index (χ3n) is 2.72. The topological polar surface area (TPSA) is 114 Å². The van der Waals surface area contributed by atoms with Crippen molar-refractivity contribution in [2.24, 2.45) is 10.7 Å². The van der Waals surface area contributed by atoms with Crippen LogP contribution in [0.15, 0.2) is 23.2 Å². The molecule has 0 aliphatic rings. The molecule has 0 unspecified atom stereocenters. The number of amides is 1. The highest BCUT2D eigenvalue weighted by atomic mass is 32.2. The third kappa shape index (κ3) is 5.07. The Hall–Kier alpha value is -2.09. The number of anilines is 1. The SMILES string of the molecule is CN=C(N)NC(=O)c1ccc(C(C)C)c(NS(C)(=O)=O)c1. The smallest absolute Gasteiger partial charge is 0.258 e. The molecule has 1 aromatic carbocycles. The number of aliphatic imine (C=N–C) groups is 1. The summed E-state index contributed by atoms with van der Waals surface area (Å²) in [4.78, 5) is 15.6. The maximum atomic E-state index is 12.0. The highest BCUT2D eigenvalue weighted by molar-refractivity contribution is 7.92. The molecule has 4 N–H and O–H groups in total. The van der Waals surface area contributed by atoms with E-state index < -0.39 is 15.9 Å². The van der Waals surface area contributed by atoms with Crippen molar-refractivity contribution in [3.63, 3.8) is 0 Å². The van der Waals surface area contributed by atoms with Crippen molar-refractivity contribution < 1.29 is 13.2 Å². The first-order valence-corrected chi connectivity index (χ1v) is 8.18. The van der Waals surface area contributed by atoms with E-state index in [1.165, 1.54) is 13.1 Å². The average Bonchev–Trinajstić information content (AvgIpc) is 2.36. The van der Waals surface area contributed by atoms with Crippen LogP contribution < -0.4 is 15.8 Å². The summed E-state index contributed by atoms with van der Waals surface area (Å²) in [5.41, 5.74) is 6.91. The molecular weight excluding hydrogens is 292 g/mol. The number of hydrogen-bond acceptors (Lipinski definition) is 4. The summed E-state index contributed by atoms with van der Waals surface area (Å²) in [5, 5.41) is 2.40. The van der Waals surface area contributed by atoms with Crippen molar-refractivity contribution in [2.45, 2.75) is 19.8 Å². The van der Waals surface area contributed by atoms with Crippen LogP contribution in [0.1, 0.15) is 35.7 Å². The van der Waals surface area contributed by atoms with Crippen LogP contribution in [0.3, 0.4) is 0 Å². The van der Waals surface area contributed by atoms with Crippen molar-refractivity contribution >= 4 is 27.6 Å². The molecule has 0 atom stereocenters. The second kappa shape index (κ2) is 6.57. The number of benzene rings is 1. The number of guanidine groups is 1. The summed E-state index contributed by atoms with van der Waals surface area (Å²) in [6, 6.07) is 4.81. The van der Waals surface area contributed by atoms with Gasteiger partial charge < -0.3 is 5.73 Å². The molecule has 0 saturated heterocycles. The Kier molecular flexibility index (Phi) is 5.31. The molecule has 0 radical (unpaired) electrons. The number of carbonyl (C=O) groups excluding carboxylic acids is 1. The Bertz CT molecular complexity index is 666. The second-order valence-corrected chi connectivity index (χ2v) is 6.64. The molecule has 0 aliphatic heterocycles. The van der Waals surface area contributed by atoms with Crippen LogP contribution in [-0.2, 0) is 10.0 Å². The molecule has 1 rings (SSSR count). The molecule has 0 heterocycles. The lowest BCUT2D eigenvalue weighted by Gasteiger charge is -2.15. The number of hydrogen-bond donors (Lipinski definition) is 3. The summed E-state index contributed by atoms with van der Waals surface area (Å²) in [7, 11) is -1.98. The zero-order valence-electron chi connectivity index (χ0n) is 12.5. The van der Waals surface area contributed by atoms with E-state index in [-0.39, 0.29) is 17.4 Å². The van der Waals surface area contributed by atoms with E-state index in [1.54, 1.807) is 12.1 Å². The molecule has 7 nitrogen and oxygen atoms in total. The Morgan fingerprint density at radius 3 is 2.43 bits per heavy atom. The van der Waals surface area contributed by atoms with Gasteiger partial charge in [0.05, 0.1) is 11.9 Å². The molecule has 0 saturated carbocycles. The minimum Gasteiger partial charge on any atom is -0.370 e. The minimum atomic E-state index is -3.43. The maximum absolute atomic E-state index is 12.0. The van der Waals surface area contributed by atoms with E-state index in [4.69, 9.17) is 5.73 Å². The first-order chi connectivity index (χ1) is 9.64. The van der Waals surface area contributed by atoms with E-state index in [0.717, 1.165) is 11.8 Å².